The van der Waals surface area contributed by atoms with Gasteiger partial charge in [0.05, 0.1) is 6.20 Å². The molecule has 14 heavy (non-hydrogen) atoms. The number of aromatic nitrogens is 3. The summed E-state index contributed by atoms with van der Waals surface area (Å²) in [5, 5.41) is 7.81. The maximum absolute atomic E-state index is 12.8. The van der Waals surface area contributed by atoms with Gasteiger partial charge in [0.25, 0.3) is 0 Å². The number of hydrogen-bond acceptors (Lipinski definition) is 3. The maximum atomic E-state index is 12.8. The number of nitrogen functional groups attached to an aromatic ring is 1. The fourth-order valence-electron chi connectivity index (χ4n) is 1.03. The minimum atomic E-state index is -0.319. The largest absolute Gasteiger partial charge is 0.381 e. The van der Waals surface area contributed by atoms with Crippen LogP contribution in [0.15, 0.2) is 28.9 Å². The van der Waals surface area contributed by atoms with Crippen LogP contribution in [0, 0.1) is 5.82 Å². The summed E-state index contributed by atoms with van der Waals surface area (Å²) < 4.78 is 13.3. The van der Waals surface area contributed by atoms with Crippen molar-refractivity contribution in [1.29, 1.82) is 0 Å². The van der Waals surface area contributed by atoms with E-state index in [0.717, 1.165) is 0 Å². The van der Waals surface area contributed by atoms with E-state index >= 15 is 0 Å². The standard InChI is InChI=1S/C8H6BrFN4/c9-6-3-5(10)1-2-7(6)14-12-4-8(11)13-14/h1-4H,(H2,11,13). The molecule has 0 aliphatic rings. The average molecular weight is 257 g/mol. The van der Waals surface area contributed by atoms with Gasteiger partial charge in [0.15, 0.2) is 5.82 Å². The molecule has 0 amide bonds. The quantitative estimate of drug-likeness (QED) is 0.846. The van der Waals surface area contributed by atoms with Gasteiger partial charge in [-0.2, -0.15) is 5.10 Å². The van der Waals surface area contributed by atoms with Gasteiger partial charge in [0, 0.05) is 4.47 Å². The fourth-order valence-corrected chi connectivity index (χ4v) is 1.54. The molecular weight excluding hydrogens is 251 g/mol. The first-order valence-corrected chi connectivity index (χ1v) is 4.59. The molecule has 0 aliphatic heterocycles. The van der Waals surface area contributed by atoms with Crippen molar-refractivity contribution in [2.45, 2.75) is 0 Å². The van der Waals surface area contributed by atoms with E-state index in [-0.39, 0.29) is 5.82 Å². The van der Waals surface area contributed by atoms with E-state index in [2.05, 4.69) is 26.1 Å². The topological polar surface area (TPSA) is 56.7 Å². The van der Waals surface area contributed by atoms with Crippen molar-refractivity contribution in [2.24, 2.45) is 0 Å². The number of hydrogen-bond donors (Lipinski definition) is 1. The first kappa shape index (κ1) is 9.14. The van der Waals surface area contributed by atoms with Gasteiger partial charge in [-0.15, -0.1) is 9.90 Å². The van der Waals surface area contributed by atoms with Gasteiger partial charge in [-0.3, -0.25) is 0 Å². The highest BCUT2D eigenvalue weighted by Crippen LogP contribution is 2.20. The van der Waals surface area contributed by atoms with Crippen LogP contribution < -0.4 is 5.73 Å². The fraction of sp³-hybridized carbons (Fsp3) is 0. The van der Waals surface area contributed by atoms with E-state index in [0.29, 0.717) is 16.0 Å². The minimum absolute atomic E-state index is 0.319. The summed E-state index contributed by atoms with van der Waals surface area (Å²) in [7, 11) is 0. The molecule has 1 heterocycles. The summed E-state index contributed by atoms with van der Waals surface area (Å²) in [5.41, 5.74) is 6.05. The lowest BCUT2D eigenvalue weighted by atomic mass is 10.3. The van der Waals surface area contributed by atoms with Gasteiger partial charge in [-0.1, -0.05) is 0 Å². The summed E-state index contributed by atoms with van der Waals surface area (Å²) in [6.45, 7) is 0. The zero-order valence-corrected chi connectivity index (χ0v) is 8.57. The molecule has 72 valence electrons. The zero-order valence-electron chi connectivity index (χ0n) is 6.98. The van der Waals surface area contributed by atoms with E-state index in [4.69, 9.17) is 5.73 Å². The number of rotatable bonds is 1. The summed E-state index contributed by atoms with van der Waals surface area (Å²) >= 11 is 3.21. The SMILES string of the molecule is Nc1cnn(-c2ccc(F)cc2Br)n1. The van der Waals surface area contributed by atoms with Crippen molar-refractivity contribution in [1.82, 2.24) is 15.0 Å². The van der Waals surface area contributed by atoms with Crippen LogP contribution in [0.1, 0.15) is 0 Å². The zero-order chi connectivity index (χ0) is 10.1. The molecule has 0 radical (unpaired) electrons. The highest BCUT2D eigenvalue weighted by Gasteiger charge is 2.05. The van der Waals surface area contributed by atoms with Gasteiger partial charge >= 0.3 is 0 Å². The number of anilines is 1. The molecule has 0 atom stereocenters. The van der Waals surface area contributed by atoms with Crippen LogP contribution in [0.5, 0.6) is 0 Å². The Morgan fingerprint density at radius 2 is 2.21 bits per heavy atom. The molecule has 1 aromatic heterocycles. The van der Waals surface area contributed by atoms with Crippen molar-refractivity contribution in [3.63, 3.8) is 0 Å². The Kier molecular flexibility index (Phi) is 2.20. The third-order valence-corrected chi connectivity index (χ3v) is 2.27. The van der Waals surface area contributed by atoms with Crippen LogP contribution in [0.3, 0.4) is 0 Å². The number of halogens is 2. The highest BCUT2D eigenvalue weighted by atomic mass is 79.9. The Bertz CT molecular complexity index is 468. The second kappa shape index (κ2) is 3.38. The predicted molar refractivity (Wildman–Crippen MR) is 53.4 cm³/mol. The van der Waals surface area contributed by atoms with Crippen molar-refractivity contribution < 1.29 is 4.39 Å². The molecule has 2 aromatic rings. The number of nitrogens with two attached hydrogens (primary N) is 1. The van der Waals surface area contributed by atoms with Crippen LogP contribution in [0.25, 0.3) is 5.69 Å². The van der Waals surface area contributed by atoms with Gasteiger partial charge in [-0.25, -0.2) is 4.39 Å². The van der Waals surface area contributed by atoms with Gasteiger partial charge in [0.1, 0.15) is 11.5 Å². The summed E-state index contributed by atoms with van der Waals surface area (Å²) in [6, 6.07) is 4.24. The molecule has 6 heteroatoms. The Hall–Kier alpha value is -1.43. The molecule has 0 fully saturated rings. The Labute approximate surface area is 87.7 Å². The number of nitrogens with zero attached hydrogens (tertiary/aromatic N) is 3. The Morgan fingerprint density at radius 3 is 2.79 bits per heavy atom. The molecular formula is C8H6BrFN4. The smallest absolute Gasteiger partial charge is 0.166 e. The van der Waals surface area contributed by atoms with E-state index in [9.17, 15) is 4.39 Å². The van der Waals surface area contributed by atoms with E-state index in [1.54, 1.807) is 6.07 Å². The van der Waals surface area contributed by atoms with Gasteiger partial charge < -0.3 is 5.73 Å². The molecule has 1 aromatic carbocycles. The third-order valence-electron chi connectivity index (χ3n) is 1.63. The molecule has 0 saturated carbocycles. The predicted octanol–water partition coefficient (Wildman–Crippen LogP) is 1.75. The lowest BCUT2D eigenvalue weighted by Gasteiger charge is -2.01. The van der Waals surface area contributed by atoms with E-state index < -0.39 is 0 Å². The van der Waals surface area contributed by atoms with E-state index in [1.807, 2.05) is 0 Å². The second-order valence-corrected chi connectivity index (χ2v) is 3.51. The molecule has 0 spiro atoms. The highest BCUT2D eigenvalue weighted by molar-refractivity contribution is 9.10. The summed E-state index contributed by atoms with van der Waals surface area (Å²) in [4.78, 5) is 1.33. The van der Waals surface area contributed by atoms with Crippen LogP contribution in [0.4, 0.5) is 10.2 Å². The molecule has 0 unspecified atom stereocenters. The lowest BCUT2D eigenvalue weighted by Crippen LogP contribution is -2.00. The van der Waals surface area contributed by atoms with Crippen molar-refractivity contribution >= 4 is 21.7 Å². The lowest BCUT2D eigenvalue weighted by molar-refractivity contribution is 0.624. The summed E-state index contributed by atoms with van der Waals surface area (Å²) in [5.74, 6) is 0.00183. The molecule has 4 nitrogen and oxygen atoms in total. The van der Waals surface area contributed by atoms with Gasteiger partial charge in [0.2, 0.25) is 0 Å². The van der Waals surface area contributed by atoms with Crippen molar-refractivity contribution in [3.05, 3.63) is 34.7 Å². The third kappa shape index (κ3) is 1.60. The van der Waals surface area contributed by atoms with Crippen LogP contribution >= 0.6 is 15.9 Å². The van der Waals surface area contributed by atoms with Crippen LogP contribution in [0.2, 0.25) is 0 Å². The normalized spacial score (nSPS) is 10.4. The molecule has 2 N–H and O–H groups in total. The Morgan fingerprint density at radius 1 is 1.43 bits per heavy atom. The summed E-state index contributed by atoms with van der Waals surface area (Å²) in [6.07, 6.45) is 1.43. The first-order valence-electron chi connectivity index (χ1n) is 3.80. The monoisotopic (exact) mass is 256 g/mol. The number of benzene rings is 1. The van der Waals surface area contributed by atoms with Gasteiger partial charge in [-0.05, 0) is 34.1 Å². The van der Waals surface area contributed by atoms with E-state index in [1.165, 1.54) is 23.1 Å². The second-order valence-electron chi connectivity index (χ2n) is 2.65. The molecule has 0 saturated heterocycles. The van der Waals surface area contributed by atoms with Crippen molar-refractivity contribution in [2.75, 3.05) is 5.73 Å². The van der Waals surface area contributed by atoms with Crippen LogP contribution in [-0.4, -0.2) is 15.0 Å². The minimum Gasteiger partial charge on any atom is -0.381 e. The molecule has 0 aliphatic carbocycles. The first-order chi connectivity index (χ1) is 6.66. The Balaban J connectivity index is 2.52. The maximum Gasteiger partial charge on any atom is 0.166 e. The molecule has 2 rings (SSSR count). The van der Waals surface area contributed by atoms with Crippen LogP contribution in [-0.2, 0) is 0 Å². The average Bonchev–Trinajstić information content (AvgIpc) is 2.51. The molecule has 0 bridgehead atoms. The van der Waals surface area contributed by atoms with Crippen molar-refractivity contribution in [3.8, 4) is 5.69 Å².